The van der Waals surface area contributed by atoms with Crippen LogP contribution in [0.25, 0.3) is 0 Å². The van der Waals surface area contributed by atoms with Gasteiger partial charge in [0.1, 0.15) is 0 Å². The van der Waals surface area contributed by atoms with E-state index in [2.05, 4.69) is 50.6 Å². The molecule has 2 amide bonds. The van der Waals surface area contributed by atoms with Gasteiger partial charge in [0.05, 0.1) is 11.6 Å². The molecule has 0 spiro atoms. The molecule has 0 saturated carbocycles. The van der Waals surface area contributed by atoms with Gasteiger partial charge in [0.15, 0.2) is 8.32 Å². The molecule has 2 atom stereocenters. The Morgan fingerprint density at radius 2 is 1.72 bits per heavy atom. The Morgan fingerprint density at radius 1 is 0.977 bits per heavy atom. The average molecular weight is 610 g/mol. The summed E-state index contributed by atoms with van der Waals surface area (Å²) >= 11 is 0. The van der Waals surface area contributed by atoms with E-state index in [9.17, 15) is 18.0 Å². The zero-order valence-electron chi connectivity index (χ0n) is 25.6. The number of carbonyl (C=O) groups is 1. The number of hydrogen-bond acceptors (Lipinski definition) is 3. The van der Waals surface area contributed by atoms with E-state index in [0.717, 1.165) is 47.7 Å². The van der Waals surface area contributed by atoms with Crippen LogP contribution in [-0.2, 0) is 36.4 Å². The Morgan fingerprint density at radius 3 is 2.42 bits per heavy atom. The van der Waals surface area contributed by atoms with Crippen molar-refractivity contribution in [2.24, 2.45) is 0 Å². The summed E-state index contributed by atoms with van der Waals surface area (Å²) in [6.07, 6.45) is -1.25. The smallest absolute Gasteiger partial charge is 0.414 e. The molecule has 2 N–H and O–H groups in total. The van der Waals surface area contributed by atoms with Crippen molar-refractivity contribution in [2.75, 3.05) is 16.8 Å². The van der Waals surface area contributed by atoms with Crippen LogP contribution in [0.2, 0.25) is 18.1 Å². The third-order valence-corrected chi connectivity index (χ3v) is 13.7. The summed E-state index contributed by atoms with van der Waals surface area (Å²) in [7, 11) is -1.94. The van der Waals surface area contributed by atoms with E-state index < -0.39 is 20.1 Å². The SMILES string of the molecule is CC(C)(C)[Si](C)(C)OC1CCc2cccc(NC(=O)NC3Cc4ccc(C(F)(F)F)cc4N(Cc4ccccc4)C3)c2C1. The fraction of sp³-hybridized carbons (Fsp3) is 0.441. The minimum atomic E-state index is -4.42. The molecule has 43 heavy (non-hydrogen) atoms. The summed E-state index contributed by atoms with van der Waals surface area (Å²) in [4.78, 5) is 15.3. The van der Waals surface area contributed by atoms with Crippen LogP contribution in [0.15, 0.2) is 66.7 Å². The van der Waals surface area contributed by atoms with Crippen molar-refractivity contribution in [3.8, 4) is 0 Å². The summed E-state index contributed by atoms with van der Waals surface area (Å²) in [5, 5.41) is 6.31. The van der Waals surface area contributed by atoms with Crippen LogP contribution in [-0.4, -0.2) is 33.0 Å². The first-order chi connectivity index (χ1) is 20.2. The van der Waals surface area contributed by atoms with Crippen molar-refractivity contribution in [3.05, 3.63) is 94.5 Å². The van der Waals surface area contributed by atoms with Gasteiger partial charge in [-0.1, -0.05) is 69.3 Å². The molecule has 2 unspecified atom stereocenters. The lowest BCUT2D eigenvalue weighted by Crippen LogP contribution is -2.49. The summed E-state index contributed by atoms with van der Waals surface area (Å²) in [5.41, 5.74) is 4.79. The predicted molar refractivity (Wildman–Crippen MR) is 169 cm³/mol. The number of alkyl halides is 3. The van der Waals surface area contributed by atoms with Crippen LogP contribution in [0.1, 0.15) is 55.0 Å². The molecule has 0 radical (unpaired) electrons. The summed E-state index contributed by atoms with van der Waals surface area (Å²) in [5.74, 6) is 0. The number of halogens is 3. The Bertz CT molecular complexity index is 1450. The normalized spacial score (nSPS) is 18.9. The molecule has 0 bridgehead atoms. The Kier molecular flexibility index (Phi) is 8.69. The van der Waals surface area contributed by atoms with Crippen LogP contribution in [0, 0.1) is 0 Å². The standard InChI is InChI=1S/C34H42F3N3O2Si/c1-33(2,3)43(4,5)42-28-17-15-24-12-9-13-30(29(24)20-28)39-32(41)38-27-18-25-14-16-26(34(35,36)37)19-31(25)40(22-27)21-23-10-7-6-8-11-23/h6-14,16,19,27-28H,15,17-18,20-22H2,1-5H3,(H2,38,39,41). The van der Waals surface area contributed by atoms with Gasteiger partial charge >= 0.3 is 12.2 Å². The molecule has 5 rings (SSSR count). The average Bonchev–Trinajstić information content (AvgIpc) is 2.92. The number of rotatable bonds is 6. The van der Waals surface area contributed by atoms with Gasteiger partial charge in [0.25, 0.3) is 0 Å². The van der Waals surface area contributed by atoms with E-state index in [4.69, 9.17) is 4.43 Å². The summed E-state index contributed by atoms with van der Waals surface area (Å²) in [6.45, 7) is 12.1. The number of urea groups is 1. The van der Waals surface area contributed by atoms with Crippen LogP contribution in [0.4, 0.5) is 29.3 Å². The fourth-order valence-electron chi connectivity index (χ4n) is 5.86. The molecule has 9 heteroatoms. The Balaban J connectivity index is 1.31. The molecule has 2 aliphatic rings. The molecule has 3 aromatic rings. The quantitative estimate of drug-likeness (QED) is 0.276. The van der Waals surface area contributed by atoms with Gasteiger partial charge in [-0.05, 0) is 84.3 Å². The van der Waals surface area contributed by atoms with Gasteiger partial charge in [-0.15, -0.1) is 0 Å². The summed E-state index contributed by atoms with van der Waals surface area (Å²) in [6, 6.07) is 19.0. The number of aryl methyl sites for hydroxylation is 1. The maximum absolute atomic E-state index is 13.6. The topological polar surface area (TPSA) is 53.6 Å². The Hall–Kier alpha value is -3.30. The van der Waals surface area contributed by atoms with E-state index in [1.54, 1.807) is 0 Å². The monoisotopic (exact) mass is 609 g/mol. The van der Waals surface area contributed by atoms with Crippen molar-refractivity contribution in [2.45, 2.75) is 89.5 Å². The number of amides is 2. The molecular formula is C34H42F3N3O2Si. The van der Waals surface area contributed by atoms with Crippen molar-refractivity contribution in [1.29, 1.82) is 0 Å². The minimum absolute atomic E-state index is 0.113. The van der Waals surface area contributed by atoms with Crippen molar-refractivity contribution >= 4 is 25.7 Å². The number of nitrogens with zero attached hydrogens (tertiary/aromatic N) is 1. The van der Waals surface area contributed by atoms with Crippen LogP contribution < -0.4 is 15.5 Å². The predicted octanol–water partition coefficient (Wildman–Crippen LogP) is 8.34. The highest BCUT2D eigenvalue weighted by molar-refractivity contribution is 6.74. The first-order valence-electron chi connectivity index (χ1n) is 15.0. The van der Waals surface area contributed by atoms with Gasteiger partial charge in [0, 0.05) is 30.6 Å². The van der Waals surface area contributed by atoms with Crippen molar-refractivity contribution in [1.82, 2.24) is 5.32 Å². The van der Waals surface area contributed by atoms with Gasteiger partial charge < -0.3 is 20.0 Å². The lowest BCUT2D eigenvalue weighted by atomic mass is 9.88. The maximum Gasteiger partial charge on any atom is 0.416 e. The van der Waals surface area contributed by atoms with Crippen molar-refractivity contribution < 1.29 is 22.4 Å². The number of anilines is 2. The first kappa shape index (κ1) is 31.1. The van der Waals surface area contributed by atoms with E-state index in [-0.39, 0.29) is 23.2 Å². The maximum atomic E-state index is 13.6. The molecule has 0 fully saturated rings. The van der Waals surface area contributed by atoms with E-state index >= 15 is 0 Å². The van der Waals surface area contributed by atoms with Gasteiger partial charge in [-0.2, -0.15) is 13.2 Å². The molecule has 1 aliphatic heterocycles. The largest absolute Gasteiger partial charge is 0.416 e. The third kappa shape index (κ3) is 7.26. The molecule has 3 aromatic carbocycles. The number of hydrogen-bond donors (Lipinski definition) is 2. The molecule has 0 aromatic heterocycles. The molecule has 5 nitrogen and oxygen atoms in total. The number of carbonyl (C=O) groups excluding carboxylic acids is 1. The van der Waals surface area contributed by atoms with Crippen LogP contribution in [0.3, 0.4) is 0 Å². The van der Waals surface area contributed by atoms with E-state index in [1.807, 2.05) is 47.4 Å². The first-order valence-corrected chi connectivity index (χ1v) is 18.0. The van der Waals surface area contributed by atoms with Crippen molar-refractivity contribution in [3.63, 3.8) is 0 Å². The van der Waals surface area contributed by atoms with Crippen LogP contribution >= 0.6 is 0 Å². The third-order valence-electron chi connectivity index (χ3n) is 9.17. The van der Waals surface area contributed by atoms with Gasteiger partial charge in [-0.3, -0.25) is 0 Å². The molecular weight excluding hydrogens is 567 g/mol. The highest BCUT2D eigenvalue weighted by Gasteiger charge is 2.40. The molecule has 0 saturated heterocycles. The Labute approximate surface area is 254 Å². The lowest BCUT2D eigenvalue weighted by Gasteiger charge is -2.41. The second-order valence-electron chi connectivity index (χ2n) is 13.4. The molecule has 1 aliphatic carbocycles. The molecule has 230 valence electrons. The number of fused-ring (bicyclic) bond motifs is 2. The highest BCUT2D eigenvalue weighted by atomic mass is 28.4. The number of nitrogens with one attached hydrogen (secondary N) is 2. The second-order valence-corrected chi connectivity index (χ2v) is 18.1. The van der Waals surface area contributed by atoms with Crippen LogP contribution in [0.5, 0.6) is 0 Å². The van der Waals surface area contributed by atoms with Gasteiger partial charge in [-0.25, -0.2) is 4.79 Å². The summed E-state index contributed by atoms with van der Waals surface area (Å²) < 4.78 is 47.4. The second kappa shape index (κ2) is 12.0. The fourth-order valence-corrected chi connectivity index (χ4v) is 7.25. The lowest BCUT2D eigenvalue weighted by molar-refractivity contribution is -0.137. The van der Waals surface area contributed by atoms with E-state index in [1.165, 1.54) is 17.7 Å². The minimum Gasteiger partial charge on any atom is -0.414 e. The molecule has 1 heterocycles. The number of benzene rings is 3. The highest BCUT2D eigenvalue weighted by Crippen LogP contribution is 2.40. The zero-order valence-corrected chi connectivity index (χ0v) is 26.6. The zero-order chi connectivity index (χ0) is 31.0. The van der Waals surface area contributed by atoms with Gasteiger partial charge in [0.2, 0.25) is 0 Å². The van der Waals surface area contributed by atoms with E-state index in [0.29, 0.717) is 25.2 Å².